The molecule has 0 radical (unpaired) electrons. The number of ether oxygens (including phenoxy) is 1. The summed E-state index contributed by atoms with van der Waals surface area (Å²) in [6.07, 6.45) is -0.567. The average Bonchev–Trinajstić information content (AvgIpc) is 2.88. The van der Waals surface area contributed by atoms with E-state index in [1.165, 1.54) is 11.3 Å². The van der Waals surface area contributed by atoms with Gasteiger partial charge in [0.05, 0.1) is 5.69 Å². The fourth-order valence-corrected chi connectivity index (χ4v) is 3.07. The predicted molar refractivity (Wildman–Crippen MR) is 93.4 cm³/mol. The molecule has 1 amide bonds. The average molecular weight is 345 g/mol. The van der Waals surface area contributed by atoms with Gasteiger partial charge in [-0.3, -0.25) is 5.32 Å². The van der Waals surface area contributed by atoms with Gasteiger partial charge in [-0.15, -0.1) is 11.3 Å². The van der Waals surface area contributed by atoms with E-state index in [4.69, 9.17) is 16.3 Å². The standard InChI is InChI=1S/C17H13ClN2O2S/c1-11-15(12-6-5-7-13(18)10-12)19-16(23-11)20-17(21)22-14-8-3-2-4-9-14/h2-10H,1H3,(H,19,20,21). The molecular formula is C17H13ClN2O2S. The van der Waals surface area contributed by atoms with Gasteiger partial charge in [-0.25, -0.2) is 9.78 Å². The second-order valence-electron chi connectivity index (χ2n) is 4.76. The second-order valence-corrected chi connectivity index (χ2v) is 6.40. The van der Waals surface area contributed by atoms with Crippen LogP contribution >= 0.6 is 22.9 Å². The summed E-state index contributed by atoms with van der Waals surface area (Å²) in [4.78, 5) is 17.3. The van der Waals surface area contributed by atoms with E-state index < -0.39 is 6.09 Å². The highest BCUT2D eigenvalue weighted by Crippen LogP contribution is 2.31. The van der Waals surface area contributed by atoms with Crippen molar-refractivity contribution in [3.05, 3.63) is 64.5 Å². The molecule has 1 aromatic heterocycles. The SMILES string of the molecule is Cc1sc(NC(=O)Oc2ccccc2)nc1-c1cccc(Cl)c1. The molecule has 0 atom stereocenters. The maximum absolute atomic E-state index is 11.9. The number of halogens is 1. The molecule has 3 rings (SSSR count). The van der Waals surface area contributed by atoms with Crippen LogP contribution in [-0.2, 0) is 0 Å². The molecule has 116 valence electrons. The van der Waals surface area contributed by atoms with Crippen molar-refractivity contribution in [1.82, 2.24) is 4.98 Å². The molecular weight excluding hydrogens is 332 g/mol. The largest absolute Gasteiger partial charge is 0.418 e. The van der Waals surface area contributed by atoms with Crippen LogP contribution in [0.25, 0.3) is 11.3 Å². The zero-order valence-corrected chi connectivity index (χ0v) is 13.8. The van der Waals surface area contributed by atoms with Gasteiger partial charge in [0.1, 0.15) is 5.75 Å². The topological polar surface area (TPSA) is 51.2 Å². The molecule has 0 aliphatic heterocycles. The van der Waals surface area contributed by atoms with Crippen LogP contribution in [0.1, 0.15) is 4.88 Å². The summed E-state index contributed by atoms with van der Waals surface area (Å²) in [5.41, 5.74) is 1.71. The van der Waals surface area contributed by atoms with Crippen LogP contribution in [0.3, 0.4) is 0 Å². The number of thiazole rings is 1. The van der Waals surface area contributed by atoms with Gasteiger partial charge in [0, 0.05) is 15.5 Å². The van der Waals surface area contributed by atoms with E-state index in [9.17, 15) is 4.79 Å². The Balaban J connectivity index is 1.75. The number of amides is 1. The monoisotopic (exact) mass is 344 g/mol. The lowest BCUT2D eigenvalue weighted by Crippen LogP contribution is -2.16. The van der Waals surface area contributed by atoms with Crippen molar-refractivity contribution >= 4 is 34.2 Å². The summed E-state index contributed by atoms with van der Waals surface area (Å²) < 4.78 is 5.19. The van der Waals surface area contributed by atoms with Crippen molar-refractivity contribution in [2.45, 2.75) is 6.92 Å². The van der Waals surface area contributed by atoms with Crippen LogP contribution in [-0.4, -0.2) is 11.1 Å². The fourth-order valence-electron chi connectivity index (χ4n) is 2.06. The van der Waals surface area contributed by atoms with E-state index in [2.05, 4.69) is 10.3 Å². The molecule has 0 aliphatic rings. The van der Waals surface area contributed by atoms with Crippen LogP contribution in [0.15, 0.2) is 54.6 Å². The number of anilines is 1. The lowest BCUT2D eigenvalue weighted by molar-refractivity contribution is 0.215. The summed E-state index contributed by atoms with van der Waals surface area (Å²) in [5.74, 6) is 0.480. The molecule has 0 bridgehead atoms. The molecule has 2 aromatic carbocycles. The lowest BCUT2D eigenvalue weighted by atomic mass is 10.1. The Kier molecular flexibility index (Phi) is 4.60. The fraction of sp³-hybridized carbons (Fsp3) is 0.0588. The van der Waals surface area contributed by atoms with Gasteiger partial charge >= 0.3 is 6.09 Å². The Morgan fingerprint density at radius 1 is 1.17 bits per heavy atom. The second kappa shape index (κ2) is 6.81. The van der Waals surface area contributed by atoms with Gasteiger partial charge in [0.2, 0.25) is 0 Å². The van der Waals surface area contributed by atoms with Crippen LogP contribution < -0.4 is 10.1 Å². The Hall–Kier alpha value is -2.37. The number of aromatic nitrogens is 1. The van der Waals surface area contributed by atoms with E-state index in [1.807, 2.05) is 37.3 Å². The van der Waals surface area contributed by atoms with E-state index in [0.29, 0.717) is 15.9 Å². The minimum atomic E-state index is -0.567. The van der Waals surface area contributed by atoms with Crippen molar-refractivity contribution in [1.29, 1.82) is 0 Å². The summed E-state index contributed by atoms with van der Waals surface area (Å²) >= 11 is 7.40. The maximum Gasteiger partial charge on any atom is 0.418 e. The number of aryl methyl sites for hydroxylation is 1. The molecule has 0 saturated heterocycles. The van der Waals surface area contributed by atoms with Crippen LogP contribution in [0.4, 0.5) is 9.93 Å². The predicted octanol–water partition coefficient (Wildman–Crippen LogP) is 5.38. The molecule has 3 aromatic rings. The number of rotatable bonds is 3. The molecule has 1 N–H and O–H groups in total. The minimum Gasteiger partial charge on any atom is -0.410 e. The van der Waals surface area contributed by atoms with Gasteiger partial charge in [0.15, 0.2) is 5.13 Å². The Morgan fingerprint density at radius 3 is 2.70 bits per heavy atom. The first kappa shape index (κ1) is 15.5. The lowest BCUT2D eigenvalue weighted by Gasteiger charge is -2.03. The zero-order valence-electron chi connectivity index (χ0n) is 12.2. The normalized spacial score (nSPS) is 10.3. The number of para-hydroxylation sites is 1. The third kappa shape index (κ3) is 3.88. The number of nitrogens with zero attached hydrogens (tertiary/aromatic N) is 1. The quantitative estimate of drug-likeness (QED) is 0.693. The molecule has 0 fully saturated rings. The summed E-state index contributed by atoms with van der Waals surface area (Å²) in [7, 11) is 0. The first-order valence-corrected chi connectivity index (χ1v) is 8.08. The van der Waals surface area contributed by atoms with Crippen molar-refractivity contribution in [3.8, 4) is 17.0 Å². The molecule has 23 heavy (non-hydrogen) atoms. The molecule has 0 saturated carbocycles. The number of benzene rings is 2. The van der Waals surface area contributed by atoms with E-state index in [1.54, 1.807) is 24.3 Å². The van der Waals surface area contributed by atoms with Crippen molar-refractivity contribution in [2.75, 3.05) is 5.32 Å². The highest BCUT2D eigenvalue weighted by Gasteiger charge is 2.13. The van der Waals surface area contributed by atoms with Crippen molar-refractivity contribution < 1.29 is 9.53 Å². The highest BCUT2D eigenvalue weighted by atomic mass is 35.5. The Morgan fingerprint density at radius 2 is 1.96 bits per heavy atom. The molecule has 0 spiro atoms. The number of hydrogen-bond acceptors (Lipinski definition) is 4. The molecule has 1 heterocycles. The van der Waals surface area contributed by atoms with E-state index in [0.717, 1.165) is 16.1 Å². The molecule has 4 nitrogen and oxygen atoms in total. The van der Waals surface area contributed by atoms with E-state index >= 15 is 0 Å². The van der Waals surface area contributed by atoms with Gasteiger partial charge in [-0.1, -0.05) is 41.9 Å². The number of carbonyl (C=O) groups is 1. The minimum absolute atomic E-state index is 0.480. The van der Waals surface area contributed by atoms with Crippen LogP contribution in [0, 0.1) is 6.92 Å². The summed E-state index contributed by atoms with van der Waals surface area (Å²) in [6, 6.07) is 16.3. The number of nitrogens with one attached hydrogen (secondary N) is 1. The Bertz CT molecular complexity index is 834. The number of carbonyl (C=O) groups excluding carboxylic acids is 1. The highest BCUT2D eigenvalue weighted by molar-refractivity contribution is 7.16. The van der Waals surface area contributed by atoms with E-state index in [-0.39, 0.29) is 0 Å². The van der Waals surface area contributed by atoms with Gasteiger partial charge < -0.3 is 4.74 Å². The summed E-state index contributed by atoms with van der Waals surface area (Å²) in [6.45, 7) is 1.95. The third-order valence-electron chi connectivity index (χ3n) is 3.06. The Labute approximate surface area is 142 Å². The first-order chi connectivity index (χ1) is 11.1. The van der Waals surface area contributed by atoms with Crippen molar-refractivity contribution in [3.63, 3.8) is 0 Å². The van der Waals surface area contributed by atoms with Crippen LogP contribution in [0.2, 0.25) is 5.02 Å². The molecule has 0 unspecified atom stereocenters. The van der Waals surface area contributed by atoms with Crippen LogP contribution in [0.5, 0.6) is 5.75 Å². The molecule has 6 heteroatoms. The smallest absolute Gasteiger partial charge is 0.410 e. The maximum atomic E-state index is 11.9. The molecule has 0 aliphatic carbocycles. The zero-order chi connectivity index (χ0) is 16.2. The first-order valence-electron chi connectivity index (χ1n) is 6.89. The third-order valence-corrected chi connectivity index (χ3v) is 4.18. The van der Waals surface area contributed by atoms with Gasteiger partial charge in [-0.2, -0.15) is 0 Å². The summed E-state index contributed by atoms with van der Waals surface area (Å²) in [5, 5.41) is 3.78. The number of hydrogen-bond donors (Lipinski definition) is 1. The van der Waals surface area contributed by atoms with Crippen molar-refractivity contribution in [2.24, 2.45) is 0 Å². The van der Waals surface area contributed by atoms with Gasteiger partial charge in [-0.05, 0) is 31.2 Å². The van der Waals surface area contributed by atoms with Gasteiger partial charge in [0.25, 0.3) is 0 Å².